The first-order valence-corrected chi connectivity index (χ1v) is 11.1. The average molecular weight is 467 g/mol. The van der Waals surface area contributed by atoms with Crippen LogP contribution in [0, 0.1) is 6.92 Å². The Labute approximate surface area is 182 Å². The molecule has 0 N–H and O–H groups in total. The van der Waals surface area contributed by atoms with Crippen molar-refractivity contribution < 1.29 is 36.2 Å². The lowest BCUT2D eigenvalue weighted by Crippen LogP contribution is -2.30. The molecule has 170 valence electrons. The maximum Gasteiger partial charge on any atom is 0.433 e. The fourth-order valence-corrected chi connectivity index (χ4v) is 3.99. The van der Waals surface area contributed by atoms with Crippen LogP contribution in [-0.2, 0) is 27.4 Å². The Hall–Kier alpha value is -3.34. The van der Waals surface area contributed by atoms with Gasteiger partial charge >= 0.3 is 6.18 Å². The lowest BCUT2D eigenvalue weighted by molar-refractivity contribution is -0.306. The van der Waals surface area contributed by atoms with Gasteiger partial charge in [-0.05, 0) is 42.3 Å². The van der Waals surface area contributed by atoms with Gasteiger partial charge in [-0.15, -0.1) is 0 Å². The number of hydrogen-bond donors (Lipinski definition) is 0. The number of carboxylic acids is 1. The second kappa shape index (κ2) is 8.30. The fourth-order valence-electron chi connectivity index (χ4n) is 3.36. The number of sulfone groups is 1. The van der Waals surface area contributed by atoms with Gasteiger partial charge in [0.2, 0.25) is 0 Å². The molecule has 3 aromatic rings. The highest BCUT2D eigenvalue weighted by Gasteiger charge is 2.40. The number of aliphatic carboxylic acids is 1. The van der Waals surface area contributed by atoms with Crippen molar-refractivity contribution in [1.29, 1.82) is 0 Å². The summed E-state index contributed by atoms with van der Waals surface area (Å²) in [6, 6.07) is 9.53. The average Bonchev–Trinajstić information content (AvgIpc) is 3.06. The van der Waals surface area contributed by atoms with E-state index < -0.39 is 34.2 Å². The molecule has 32 heavy (non-hydrogen) atoms. The van der Waals surface area contributed by atoms with Gasteiger partial charge in [-0.3, -0.25) is 4.68 Å². The number of carbonyl (C=O) groups is 1. The van der Waals surface area contributed by atoms with Gasteiger partial charge in [-0.1, -0.05) is 18.2 Å². The highest BCUT2D eigenvalue weighted by Crippen LogP contribution is 2.43. The van der Waals surface area contributed by atoms with Crippen molar-refractivity contribution >= 4 is 15.8 Å². The normalized spacial score (nSPS) is 12.1. The van der Waals surface area contributed by atoms with Crippen LogP contribution in [0.4, 0.5) is 13.2 Å². The monoisotopic (exact) mass is 467 g/mol. The molecule has 7 nitrogen and oxygen atoms in total. The molecule has 1 aromatic heterocycles. The molecule has 0 fully saturated rings. The second-order valence-corrected chi connectivity index (χ2v) is 9.10. The Morgan fingerprint density at radius 3 is 2.19 bits per heavy atom. The number of aromatic nitrogens is 2. The number of halogens is 3. The van der Waals surface area contributed by atoms with Gasteiger partial charge in [0.15, 0.2) is 15.5 Å². The number of ether oxygens (including phenoxy) is 1. The van der Waals surface area contributed by atoms with Crippen molar-refractivity contribution in [3.8, 4) is 28.1 Å². The highest BCUT2D eigenvalue weighted by atomic mass is 32.2. The molecule has 0 amide bonds. The molecule has 0 spiro atoms. The van der Waals surface area contributed by atoms with Gasteiger partial charge < -0.3 is 14.6 Å². The van der Waals surface area contributed by atoms with Gasteiger partial charge in [0.05, 0.1) is 24.5 Å². The van der Waals surface area contributed by atoms with E-state index in [2.05, 4.69) is 5.10 Å². The minimum atomic E-state index is -4.93. The van der Waals surface area contributed by atoms with Crippen molar-refractivity contribution in [2.75, 3.05) is 13.4 Å². The molecule has 3 rings (SSSR count). The minimum Gasteiger partial charge on any atom is -0.548 e. The largest absolute Gasteiger partial charge is 0.548 e. The van der Waals surface area contributed by atoms with E-state index in [-0.39, 0.29) is 27.3 Å². The first-order valence-electron chi connectivity index (χ1n) is 9.16. The predicted octanol–water partition coefficient (Wildman–Crippen LogP) is 2.71. The summed E-state index contributed by atoms with van der Waals surface area (Å²) >= 11 is 0. The Morgan fingerprint density at radius 1 is 1.12 bits per heavy atom. The molecule has 0 aliphatic carbocycles. The number of aryl methyl sites for hydroxylation is 1. The molecule has 0 radical (unpaired) electrons. The smallest absolute Gasteiger partial charge is 0.433 e. The fraction of sp³-hybridized carbons (Fsp3) is 0.238. The quantitative estimate of drug-likeness (QED) is 0.553. The third-order valence-corrected chi connectivity index (χ3v) is 5.87. The number of methoxy groups -OCH3 is 1. The van der Waals surface area contributed by atoms with E-state index in [1.807, 2.05) is 0 Å². The van der Waals surface area contributed by atoms with Crippen LogP contribution in [0.5, 0.6) is 5.75 Å². The number of nitrogens with zero attached hydrogens (tertiary/aromatic N) is 2. The Morgan fingerprint density at radius 2 is 1.72 bits per heavy atom. The van der Waals surface area contributed by atoms with Crippen LogP contribution in [0.2, 0.25) is 0 Å². The van der Waals surface area contributed by atoms with E-state index in [9.17, 15) is 31.5 Å². The van der Waals surface area contributed by atoms with Crippen LogP contribution in [0.15, 0.2) is 47.4 Å². The van der Waals surface area contributed by atoms with Crippen molar-refractivity contribution in [2.45, 2.75) is 24.5 Å². The minimum absolute atomic E-state index is 0.0201. The number of alkyl halides is 3. The van der Waals surface area contributed by atoms with E-state index in [0.29, 0.717) is 16.0 Å². The summed E-state index contributed by atoms with van der Waals surface area (Å²) in [4.78, 5) is 11.1. The van der Waals surface area contributed by atoms with Gasteiger partial charge in [0.25, 0.3) is 0 Å². The molecule has 1 heterocycles. The predicted molar refractivity (Wildman–Crippen MR) is 108 cm³/mol. The van der Waals surface area contributed by atoms with Crippen LogP contribution in [-0.4, -0.2) is 37.5 Å². The van der Waals surface area contributed by atoms with Gasteiger partial charge in [0, 0.05) is 17.4 Å². The van der Waals surface area contributed by atoms with E-state index in [4.69, 9.17) is 4.74 Å². The number of carbonyl (C=O) groups excluding carboxylic acids is 1. The van der Waals surface area contributed by atoms with Crippen LogP contribution in [0.1, 0.15) is 11.3 Å². The molecule has 0 aliphatic rings. The molecule has 2 aromatic carbocycles. The highest BCUT2D eigenvalue weighted by molar-refractivity contribution is 7.90. The first-order chi connectivity index (χ1) is 14.8. The summed E-state index contributed by atoms with van der Waals surface area (Å²) in [6.45, 7) is 0.542. The summed E-state index contributed by atoms with van der Waals surface area (Å²) < 4.78 is 71.1. The van der Waals surface area contributed by atoms with Crippen LogP contribution in [0.25, 0.3) is 22.4 Å². The van der Waals surface area contributed by atoms with Crippen molar-refractivity contribution in [3.63, 3.8) is 0 Å². The third kappa shape index (κ3) is 4.62. The molecule has 0 atom stereocenters. The van der Waals surface area contributed by atoms with Gasteiger partial charge in [-0.25, -0.2) is 8.42 Å². The molecule has 11 heteroatoms. The van der Waals surface area contributed by atoms with E-state index >= 15 is 0 Å². The van der Waals surface area contributed by atoms with Crippen molar-refractivity contribution in [3.05, 3.63) is 53.7 Å². The number of rotatable bonds is 6. The lowest BCUT2D eigenvalue weighted by atomic mass is 9.97. The van der Waals surface area contributed by atoms with E-state index in [0.717, 1.165) is 6.26 Å². The van der Waals surface area contributed by atoms with Gasteiger partial charge in [0.1, 0.15) is 11.4 Å². The maximum atomic E-state index is 14.1. The second-order valence-electron chi connectivity index (χ2n) is 7.08. The summed E-state index contributed by atoms with van der Waals surface area (Å²) in [5, 5.41) is 15.0. The third-order valence-electron chi connectivity index (χ3n) is 4.74. The number of benzene rings is 2. The summed E-state index contributed by atoms with van der Waals surface area (Å²) in [5.74, 6) is -1.28. The van der Waals surface area contributed by atoms with Crippen molar-refractivity contribution in [1.82, 2.24) is 9.78 Å². The molecule has 0 saturated carbocycles. The zero-order valence-electron chi connectivity index (χ0n) is 17.2. The molecular weight excluding hydrogens is 449 g/mol. The standard InChI is InChI=1S/C21H19F3N2O5S/c1-12-10-14(6-9-16(12)31-2)18-19(13-4-7-15(8-5-13)32(3,29)30)25-26(11-17(27)28)20(18)21(22,23)24/h4-10H,11H2,1-3H3,(H,27,28)/p-1. The summed E-state index contributed by atoms with van der Waals surface area (Å²) in [5.41, 5.74) is -0.858. The van der Waals surface area contributed by atoms with Gasteiger partial charge in [-0.2, -0.15) is 18.3 Å². The Bertz CT molecular complexity index is 1280. The SMILES string of the molecule is COc1ccc(-c2c(-c3ccc(S(C)(=O)=O)cc3)nn(CC(=O)[O-])c2C(F)(F)F)cc1C. The maximum absolute atomic E-state index is 14.1. The topological polar surface area (TPSA) is 101 Å². The molecule has 0 aliphatic heterocycles. The summed E-state index contributed by atoms with van der Waals surface area (Å²) in [7, 11) is -2.10. The van der Waals surface area contributed by atoms with Crippen molar-refractivity contribution in [2.24, 2.45) is 0 Å². The number of carboxylic acid groups (broad SMARTS) is 1. The molecular formula is C21H18F3N2O5S-. The van der Waals surface area contributed by atoms with Crippen LogP contribution >= 0.6 is 0 Å². The molecule has 0 unspecified atom stereocenters. The Balaban J connectivity index is 2.34. The van der Waals surface area contributed by atoms with E-state index in [1.165, 1.54) is 49.6 Å². The lowest BCUT2D eigenvalue weighted by Gasteiger charge is -2.14. The molecule has 0 saturated heterocycles. The first kappa shape index (κ1) is 23.3. The zero-order valence-corrected chi connectivity index (χ0v) is 18.0. The van der Waals surface area contributed by atoms with Crippen LogP contribution < -0.4 is 9.84 Å². The zero-order chi connectivity index (χ0) is 23.8. The Kier molecular flexibility index (Phi) is 6.05. The summed E-state index contributed by atoms with van der Waals surface area (Å²) in [6.07, 6.45) is -3.93. The molecule has 0 bridgehead atoms. The van der Waals surface area contributed by atoms with E-state index in [1.54, 1.807) is 6.92 Å². The van der Waals surface area contributed by atoms with Crippen LogP contribution in [0.3, 0.4) is 0 Å². The number of hydrogen-bond acceptors (Lipinski definition) is 6.